The van der Waals surface area contributed by atoms with Crippen LogP contribution in [0.15, 0.2) is 24.3 Å². The molecule has 0 unspecified atom stereocenters. The van der Waals surface area contributed by atoms with Crippen LogP contribution in [0.25, 0.3) is 0 Å². The van der Waals surface area contributed by atoms with Crippen LogP contribution in [0, 0.1) is 0 Å². The van der Waals surface area contributed by atoms with Crippen molar-refractivity contribution >= 4 is 11.7 Å². The molecule has 1 aliphatic heterocycles. The van der Waals surface area contributed by atoms with Crippen LogP contribution in [-0.2, 0) is 4.79 Å². The number of ether oxygens (including phenoxy) is 1. The molecule has 5 heteroatoms. The fraction of sp³-hybridized carbons (Fsp3) is 0.579. The summed E-state index contributed by atoms with van der Waals surface area (Å²) in [6.07, 6.45) is 3.88. The summed E-state index contributed by atoms with van der Waals surface area (Å²) >= 11 is 0. The van der Waals surface area contributed by atoms with Gasteiger partial charge in [0.05, 0.1) is 6.61 Å². The van der Waals surface area contributed by atoms with Gasteiger partial charge in [-0.25, -0.2) is 0 Å². The van der Waals surface area contributed by atoms with Gasteiger partial charge in [-0.2, -0.15) is 0 Å². The molecule has 3 rings (SSSR count). The first-order valence-electron chi connectivity index (χ1n) is 8.89. The van der Waals surface area contributed by atoms with Gasteiger partial charge < -0.3 is 9.64 Å². The molecule has 1 saturated heterocycles. The Morgan fingerprint density at radius 1 is 1.17 bits per heavy atom. The Morgan fingerprint density at radius 2 is 1.92 bits per heavy atom. The van der Waals surface area contributed by atoms with E-state index < -0.39 is 0 Å². The number of amides is 1. The fourth-order valence-electron chi connectivity index (χ4n) is 3.15. The molecule has 0 radical (unpaired) electrons. The molecule has 0 aromatic heterocycles. The minimum absolute atomic E-state index is 0.0287. The van der Waals surface area contributed by atoms with E-state index in [1.54, 1.807) is 19.1 Å². The number of rotatable bonds is 7. The molecule has 1 heterocycles. The smallest absolute Gasteiger partial charge is 0.222 e. The molecule has 0 N–H and O–H groups in total. The van der Waals surface area contributed by atoms with Gasteiger partial charge in [0.1, 0.15) is 5.75 Å². The fourth-order valence-corrected chi connectivity index (χ4v) is 3.15. The van der Waals surface area contributed by atoms with E-state index in [4.69, 9.17) is 4.74 Å². The third-order valence-electron chi connectivity index (χ3n) is 4.77. The second kappa shape index (κ2) is 7.79. The van der Waals surface area contributed by atoms with Gasteiger partial charge >= 0.3 is 0 Å². The van der Waals surface area contributed by atoms with E-state index in [-0.39, 0.29) is 11.7 Å². The molecule has 24 heavy (non-hydrogen) atoms. The van der Waals surface area contributed by atoms with Gasteiger partial charge in [-0.3, -0.25) is 14.5 Å². The van der Waals surface area contributed by atoms with E-state index in [9.17, 15) is 9.59 Å². The average molecular weight is 330 g/mol. The first-order chi connectivity index (χ1) is 11.6. The molecule has 1 amide bonds. The first-order valence-corrected chi connectivity index (χ1v) is 8.89. The van der Waals surface area contributed by atoms with E-state index in [0.29, 0.717) is 30.8 Å². The van der Waals surface area contributed by atoms with Crippen LogP contribution in [0.2, 0.25) is 0 Å². The minimum atomic E-state index is 0.0287. The van der Waals surface area contributed by atoms with Crippen molar-refractivity contribution in [3.63, 3.8) is 0 Å². The highest BCUT2D eigenvalue weighted by molar-refractivity contribution is 5.94. The van der Waals surface area contributed by atoms with Gasteiger partial charge in [-0.15, -0.1) is 0 Å². The number of nitrogens with zero attached hydrogens (tertiary/aromatic N) is 2. The monoisotopic (exact) mass is 330 g/mol. The summed E-state index contributed by atoms with van der Waals surface area (Å²) in [4.78, 5) is 28.1. The zero-order chi connectivity index (χ0) is 16.9. The summed E-state index contributed by atoms with van der Waals surface area (Å²) < 4.78 is 5.66. The van der Waals surface area contributed by atoms with Crippen molar-refractivity contribution in [2.75, 3.05) is 32.8 Å². The van der Waals surface area contributed by atoms with Crippen molar-refractivity contribution in [2.45, 2.75) is 38.6 Å². The van der Waals surface area contributed by atoms with Crippen molar-refractivity contribution < 1.29 is 14.3 Å². The average Bonchev–Trinajstić information content (AvgIpc) is 3.44. The van der Waals surface area contributed by atoms with Crippen LogP contribution in [0.5, 0.6) is 5.75 Å². The lowest BCUT2D eigenvalue weighted by Crippen LogP contribution is -2.49. The van der Waals surface area contributed by atoms with Crippen molar-refractivity contribution in [2.24, 2.45) is 0 Å². The van der Waals surface area contributed by atoms with E-state index in [1.807, 2.05) is 17.0 Å². The number of hydrogen-bond acceptors (Lipinski definition) is 4. The SMILES string of the molecule is CC(=O)c1cccc(OCCCC(=O)N2CCN(C3CC3)CC2)c1. The summed E-state index contributed by atoms with van der Waals surface area (Å²) in [7, 11) is 0. The summed E-state index contributed by atoms with van der Waals surface area (Å²) in [6, 6.07) is 7.98. The van der Waals surface area contributed by atoms with Crippen molar-refractivity contribution in [3.05, 3.63) is 29.8 Å². The van der Waals surface area contributed by atoms with Crippen LogP contribution in [0.4, 0.5) is 0 Å². The van der Waals surface area contributed by atoms with E-state index in [1.165, 1.54) is 12.8 Å². The van der Waals surface area contributed by atoms with Gasteiger partial charge in [-0.1, -0.05) is 12.1 Å². The highest BCUT2D eigenvalue weighted by Crippen LogP contribution is 2.27. The molecule has 1 aromatic carbocycles. The highest BCUT2D eigenvalue weighted by atomic mass is 16.5. The van der Waals surface area contributed by atoms with E-state index in [2.05, 4.69) is 4.90 Å². The summed E-state index contributed by atoms with van der Waals surface area (Å²) in [5, 5.41) is 0. The Labute approximate surface area is 143 Å². The van der Waals surface area contributed by atoms with Gasteiger partial charge in [0, 0.05) is 44.2 Å². The number of hydrogen-bond donors (Lipinski definition) is 0. The van der Waals surface area contributed by atoms with Gasteiger partial charge in [0.25, 0.3) is 0 Å². The lowest BCUT2D eigenvalue weighted by atomic mass is 10.1. The number of carbonyl (C=O) groups excluding carboxylic acids is 2. The Morgan fingerprint density at radius 3 is 2.58 bits per heavy atom. The number of benzene rings is 1. The third-order valence-corrected chi connectivity index (χ3v) is 4.77. The molecule has 1 aliphatic carbocycles. The van der Waals surface area contributed by atoms with E-state index >= 15 is 0 Å². The van der Waals surface area contributed by atoms with Crippen LogP contribution in [0.1, 0.15) is 43.0 Å². The molecule has 0 spiro atoms. The summed E-state index contributed by atoms with van der Waals surface area (Å²) in [5.74, 6) is 0.945. The number of piperazine rings is 1. The van der Waals surface area contributed by atoms with Crippen molar-refractivity contribution in [1.29, 1.82) is 0 Å². The normalized spacial score (nSPS) is 18.5. The Balaban J connectivity index is 1.35. The predicted molar refractivity (Wildman–Crippen MR) is 92.4 cm³/mol. The second-order valence-electron chi connectivity index (χ2n) is 6.68. The first kappa shape index (κ1) is 17.0. The molecule has 2 aliphatic rings. The quantitative estimate of drug-likeness (QED) is 0.569. The van der Waals surface area contributed by atoms with Crippen molar-refractivity contribution in [3.8, 4) is 5.75 Å². The number of carbonyl (C=O) groups is 2. The topological polar surface area (TPSA) is 49.9 Å². The Hall–Kier alpha value is -1.88. The lowest BCUT2D eigenvalue weighted by Gasteiger charge is -2.34. The van der Waals surface area contributed by atoms with Crippen molar-refractivity contribution in [1.82, 2.24) is 9.80 Å². The highest BCUT2D eigenvalue weighted by Gasteiger charge is 2.31. The standard InChI is InChI=1S/C19H26N2O3/c1-15(22)16-4-2-5-18(14-16)24-13-3-6-19(23)21-11-9-20(10-12-21)17-7-8-17/h2,4-5,14,17H,3,6-13H2,1H3. The molecular formula is C19H26N2O3. The molecule has 5 nitrogen and oxygen atoms in total. The van der Waals surface area contributed by atoms with Gasteiger partial charge in [-0.05, 0) is 38.3 Å². The van der Waals surface area contributed by atoms with E-state index in [0.717, 1.165) is 32.2 Å². The molecule has 2 fully saturated rings. The lowest BCUT2D eigenvalue weighted by molar-refractivity contribution is -0.133. The number of ketones is 1. The van der Waals surface area contributed by atoms with Crippen LogP contribution >= 0.6 is 0 Å². The minimum Gasteiger partial charge on any atom is -0.494 e. The zero-order valence-corrected chi connectivity index (χ0v) is 14.4. The Bertz CT molecular complexity index is 590. The van der Waals surface area contributed by atoms with Crippen LogP contribution in [-0.4, -0.2) is 60.3 Å². The van der Waals surface area contributed by atoms with Crippen LogP contribution in [0.3, 0.4) is 0 Å². The van der Waals surface area contributed by atoms with Crippen LogP contribution < -0.4 is 4.74 Å². The zero-order valence-electron chi connectivity index (χ0n) is 14.4. The van der Waals surface area contributed by atoms with Gasteiger partial charge in [0.15, 0.2) is 5.78 Å². The predicted octanol–water partition coefficient (Wildman–Crippen LogP) is 2.35. The largest absolute Gasteiger partial charge is 0.494 e. The number of Topliss-reactive ketones (excluding diaryl/α,β-unsaturated/α-hetero) is 1. The molecule has 1 saturated carbocycles. The molecule has 130 valence electrons. The maximum absolute atomic E-state index is 12.3. The Kier molecular flexibility index (Phi) is 5.51. The maximum Gasteiger partial charge on any atom is 0.222 e. The molecule has 1 aromatic rings. The third kappa shape index (κ3) is 4.57. The molecular weight excluding hydrogens is 304 g/mol. The summed E-state index contributed by atoms with van der Waals surface area (Å²) in [6.45, 7) is 5.79. The molecule has 0 bridgehead atoms. The second-order valence-corrected chi connectivity index (χ2v) is 6.68. The molecule has 0 atom stereocenters. The maximum atomic E-state index is 12.3. The van der Waals surface area contributed by atoms with Gasteiger partial charge in [0.2, 0.25) is 5.91 Å². The summed E-state index contributed by atoms with van der Waals surface area (Å²) in [5.41, 5.74) is 0.650.